The molecule has 2 unspecified atom stereocenters. The maximum atomic E-state index is 10.3. The number of aryl methyl sites for hydroxylation is 2. The fourth-order valence-electron chi connectivity index (χ4n) is 3.16. The summed E-state index contributed by atoms with van der Waals surface area (Å²) < 4.78 is 0. The van der Waals surface area contributed by atoms with Crippen LogP contribution in [0.3, 0.4) is 0 Å². The standard InChI is InChI=1S/C17H27NO/c1-13-5-4-7-18(12-13)8-6-17(19)16-10-14(2)9-15(3)11-16/h9-11,13,17,19H,4-8,12H2,1-3H3. The minimum atomic E-state index is -0.323. The zero-order valence-corrected chi connectivity index (χ0v) is 12.5. The zero-order valence-electron chi connectivity index (χ0n) is 12.5. The Hall–Kier alpha value is -0.860. The average Bonchev–Trinajstić information content (AvgIpc) is 2.35. The van der Waals surface area contributed by atoms with Crippen molar-refractivity contribution in [1.82, 2.24) is 4.90 Å². The molecule has 2 rings (SSSR count). The van der Waals surface area contributed by atoms with Crippen molar-refractivity contribution in [3.63, 3.8) is 0 Å². The predicted molar refractivity (Wildman–Crippen MR) is 80.3 cm³/mol. The van der Waals surface area contributed by atoms with Crippen LogP contribution in [0.15, 0.2) is 18.2 Å². The molecular formula is C17H27NO. The Labute approximate surface area is 117 Å². The van der Waals surface area contributed by atoms with Crippen molar-refractivity contribution in [3.05, 3.63) is 34.9 Å². The van der Waals surface area contributed by atoms with Crippen molar-refractivity contribution in [1.29, 1.82) is 0 Å². The Morgan fingerprint density at radius 2 is 1.95 bits per heavy atom. The van der Waals surface area contributed by atoms with Crippen LogP contribution in [0.25, 0.3) is 0 Å². The molecule has 0 spiro atoms. The van der Waals surface area contributed by atoms with E-state index in [0.29, 0.717) is 0 Å². The van der Waals surface area contributed by atoms with Gasteiger partial charge in [-0.2, -0.15) is 0 Å². The number of aliphatic hydroxyl groups is 1. The second-order valence-electron chi connectivity index (χ2n) is 6.27. The summed E-state index contributed by atoms with van der Waals surface area (Å²) in [5.74, 6) is 0.812. The molecule has 1 N–H and O–H groups in total. The van der Waals surface area contributed by atoms with E-state index >= 15 is 0 Å². The number of hydrogen-bond acceptors (Lipinski definition) is 2. The normalized spacial score (nSPS) is 22.4. The van der Waals surface area contributed by atoms with Crippen LogP contribution in [0.1, 0.15) is 49.0 Å². The lowest BCUT2D eigenvalue weighted by molar-refractivity contribution is 0.122. The Morgan fingerprint density at radius 1 is 1.26 bits per heavy atom. The van der Waals surface area contributed by atoms with Crippen molar-refractivity contribution in [3.8, 4) is 0 Å². The van der Waals surface area contributed by atoms with Crippen molar-refractivity contribution in [2.45, 2.75) is 46.1 Å². The van der Waals surface area contributed by atoms with E-state index in [9.17, 15) is 5.11 Å². The molecule has 1 aromatic rings. The molecule has 1 fully saturated rings. The monoisotopic (exact) mass is 261 g/mol. The molecule has 19 heavy (non-hydrogen) atoms. The number of benzene rings is 1. The van der Waals surface area contributed by atoms with E-state index in [-0.39, 0.29) is 6.10 Å². The molecule has 0 aliphatic carbocycles. The molecule has 1 aromatic carbocycles. The summed E-state index contributed by atoms with van der Waals surface area (Å²) in [5.41, 5.74) is 3.55. The zero-order chi connectivity index (χ0) is 13.8. The third-order valence-electron chi connectivity index (χ3n) is 4.09. The van der Waals surface area contributed by atoms with Gasteiger partial charge in [0.2, 0.25) is 0 Å². The van der Waals surface area contributed by atoms with E-state index in [1.54, 1.807) is 0 Å². The summed E-state index contributed by atoms with van der Waals surface area (Å²) in [6, 6.07) is 6.37. The number of rotatable bonds is 4. The molecule has 1 saturated heterocycles. The Bertz CT molecular complexity index is 395. The number of piperidine rings is 1. The summed E-state index contributed by atoms with van der Waals surface area (Å²) in [6.07, 6.45) is 3.18. The van der Waals surface area contributed by atoms with Crippen molar-refractivity contribution < 1.29 is 5.11 Å². The second kappa shape index (κ2) is 6.53. The highest BCUT2D eigenvalue weighted by Crippen LogP contribution is 2.22. The lowest BCUT2D eigenvalue weighted by Gasteiger charge is -2.31. The molecule has 0 amide bonds. The van der Waals surface area contributed by atoms with Crippen LogP contribution in [0.4, 0.5) is 0 Å². The van der Waals surface area contributed by atoms with E-state index in [4.69, 9.17) is 0 Å². The maximum absolute atomic E-state index is 10.3. The quantitative estimate of drug-likeness (QED) is 0.897. The summed E-state index contributed by atoms with van der Waals surface area (Å²) in [7, 11) is 0. The van der Waals surface area contributed by atoms with E-state index in [1.165, 1.54) is 37.1 Å². The van der Waals surface area contributed by atoms with Gasteiger partial charge in [0.1, 0.15) is 0 Å². The maximum Gasteiger partial charge on any atom is 0.0802 e. The van der Waals surface area contributed by atoms with Crippen LogP contribution >= 0.6 is 0 Å². The molecule has 2 heteroatoms. The van der Waals surface area contributed by atoms with E-state index in [1.807, 2.05) is 0 Å². The van der Waals surface area contributed by atoms with Gasteiger partial charge >= 0.3 is 0 Å². The van der Waals surface area contributed by atoms with E-state index < -0.39 is 0 Å². The minimum Gasteiger partial charge on any atom is -0.388 e. The van der Waals surface area contributed by atoms with Crippen LogP contribution < -0.4 is 0 Å². The SMILES string of the molecule is Cc1cc(C)cc(C(O)CCN2CCCC(C)C2)c1. The second-order valence-corrected chi connectivity index (χ2v) is 6.27. The fourth-order valence-corrected chi connectivity index (χ4v) is 3.16. The van der Waals surface area contributed by atoms with Crippen LogP contribution in [0.2, 0.25) is 0 Å². The highest BCUT2D eigenvalue weighted by Gasteiger charge is 2.17. The number of hydrogen-bond donors (Lipinski definition) is 1. The summed E-state index contributed by atoms with van der Waals surface area (Å²) in [6.45, 7) is 9.92. The van der Waals surface area contributed by atoms with Gasteiger partial charge in [-0.05, 0) is 51.1 Å². The molecule has 1 aliphatic heterocycles. The Kier molecular flexibility index (Phi) is 5.00. The Balaban J connectivity index is 1.88. The first kappa shape index (κ1) is 14.5. The molecule has 1 heterocycles. The smallest absolute Gasteiger partial charge is 0.0802 e. The lowest BCUT2D eigenvalue weighted by atomic mass is 9.98. The number of nitrogens with zero attached hydrogens (tertiary/aromatic N) is 1. The molecule has 1 aliphatic rings. The Morgan fingerprint density at radius 3 is 2.58 bits per heavy atom. The average molecular weight is 261 g/mol. The molecule has 2 nitrogen and oxygen atoms in total. The van der Waals surface area contributed by atoms with E-state index in [2.05, 4.69) is 43.9 Å². The molecule has 106 valence electrons. The summed E-state index contributed by atoms with van der Waals surface area (Å²) in [4.78, 5) is 2.50. The molecule has 0 aromatic heterocycles. The third-order valence-corrected chi connectivity index (χ3v) is 4.09. The third kappa shape index (κ3) is 4.32. The first-order valence-electron chi connectivity index (χ1n) is 7.53. The van der Waals surface area contributed by atoms with Crippen LogP contribution in [0, 0.1) is 19.8 Å². The fraction of sp³-hybridized carbons (Fsp3) is 0.647. The van der Waals surface area contributed by atoms with Gasteiger partial charge < -0.3 is 10.0 Å². The largest absolute Gasteiger partial charge is 0.388 e. The first-order valence-corrected chi connectivity index (χ1v) is 7.53. The van der Waals surface area contributed by atoms with Crippen molar-refractivity contribution in [2.24, 2.45) is 5.92 Å². The lowest BCUT2D eigenvalue weighted by Crippen LogP contribution is -2.35. The highest BCUT2D eigenvalue weighted by atomic mass is 16.3. The topological polar surface area (TPSA) is 23.5 Å². The molecule has 0 bridgehead atoms. The predicted octanol–water partition coefficient (Wildman–Crippen LogP) is 3.46. The van der Waals surface area contributed by atoms with Crippen molar-refractivity contribution >= 4 is 0 Å². The van der Waals surface area contributed by atoms with Crippen LogP contribution in [-0.2, 0) is 0 Å². The number of likely N-dealkylation sites (tertiary alicyclic amines) is 1. The summed E-state index contributed by atoms with van der Waals surface area (Å²) in [5, 5.41) is 10.3. The number of aliphatic hydroxyl groups excluding tert-OH is 1. The van der Waals surface area contributed by atoms with Gasteiger partial charge in [0.15, 0.2) is 0 Å². The molecule has 0 saturated carbocycles. The molecular weight excluding hydrogens is 234 g/mol. The van der Waals surface area contributed by atoms with Gasteiger partial charge in [-0.3, -0.25) is 0 Å². The van der Waals surface area contributed by atoms with Crippen LogP contribution in [-0.4, -0.2) is 29.6 Å². The summed E-state index contributed by atoms with van der Waals surface area (Å²) >= 11 is 0. The van der Waals surface area contributed by atoms with Gasteiger partial charge in [0.05, 0.1) is 6.10 Å². The first-order chi connectivity index (χ1) is 9.04. The van der Waals surface area contributed by atoms with Gasteiger partial charge in [-0.25, -0.2) is 0 Å². The van der Waals surface area contributed by atoms with Gasteiger partial charge in [0.25, 0.3) is 0 Å². The van der Waals surface area contributed by atoms with Gasteiger partial charge in [-0.1, -0.05) is 36.2 Å². The van der Waals surface area contributed by atoms with E-state index in [0.717, 1.165) is 24.4 Å². The minimum absolute atomic E-state index is 0.323. The van der Waals surface area contributed by atoms with Crippen LogP contribution in [0.5, 0.6) is 0 Å². The van der Waals surface area contributed by atoms with Gasteiger partial charge in [-0.15, -0.1) is 0 Å². The van der Waals surface area contributed by atoms with Crippen molar-refractivity contribution in [2.75, 3.05) is 19.6 Å². The highest BCUT2D eigenvalue weighted by molar-refractivity contribution is 5.29. The molecule has 0 radical (unpaired) electrons. The van der Waals surface area contributed by atoms with Gasteiger partial charge in [0, 0.05) is 13.1 Å². The molecule has 2 atom stereocenters.